The second-order valence-corrected chi connectivity index (χ2v) is 5.93. The SMILES string of the molecule is CC(C)NCc1ccc(COc2ccccc2Br)cc1. The molecular weight excluding hydrogens is 314 g/mol. The molecule has 0 aliphatic carbocycles. The molecule has 0 saturated carbocycles. The van der Waals surface area contributed by atoms with Crippen molar-refractivity contribution in [2.24, 2.45) is 0 Å². The van der Waals surface area contributed by atoms with Gasteiger partial charge in [0.1, 0.15) is 12.4 Å². The topological polar surface area (TPSA) is 21.3 Å². The van der Waals surface area contributed by atoms with Crippen LogP contribution in [0, 0.1) is 0 Å². The molecule has 1 N–H and O–H groups in total. The van der Waals surface area contributed by atoms with Crippen molar-refractivity contribution in [2.45, 2.75) is 33.0 Å². The maximum Gasteiger partial charge on any atom is 0.133 e. The molecule has 20 heavy (non-hydrogen) atoms. The van der Waals surface area contributed by atoms with Gasteiger partial charge in [0, 0.05) is 12.6 Å². The predicted molar refractivity (Wildman–Crippen MR) is 86.9 cm³/mol. The van der Waals surface area contributed by atoms with Gasteiger partial charge in [0.2, 0.25) is 0 Å². The third-order valence-corrected chi connectivity index (χ3v) is 3.62. The van der Waals surface area contributed by atoms with E-state index in [4.69, 9.17) is 4.74 Å². The summed E-state index contributed by atoms with van der Waals surface area (Å²) in [6.45, 7) is 5.80. The second-order valence-electron chi connectivity index (χ2n) is 5.07. The standard InChI is InChI=1S/C17H20BrNO/c1-13(2)19-11-14-7-9-15(10-8-14)12-20-17-6-4-3-5-16(17)18/h3-10,13,19H,11-12H2,1-2H3. The first kappa shape index (κ1) is 15.1. The molecule has 0 bridgehead atoms. The molecule has 2 rings (SSSR count). The van der Waals surface area contributed by atoms with Gasteiger partial charge in [0.15, 0.2) is 0 Å². The van der Waals surface area contributed by atoms with Gasteiger partial charge >= 0.3 is 0 Å². The van der Waals surface area contributed by atoms with E-state index in [-0.39, 0.29) is 0 Å². The van der Waals surface area contributed by atoms with Crippen LogP contribution in [0.15, 0.2) is 53.0 Å². The minimum Gasteiger partial charge on any atom is -0.488 e. The van der Waals surface area contributed by atoms with Gasteiger partial charge in [-0.1, -0.05) is 50.2 Å². The van der Waals surface area contributed by atoms with Crippen LogP contribution in [0.5, 0.6) is 5.75 Å². The van der Waals surface area contributed by atoms with E-state index in [1.165, 1.54) is 11.1 Å². The highest BCUT2D eigenvalue weighted by Gasteiger charge is 2.01. The number of benzene rings is 2. The van der Waals surface area contributed by atoms with Gasteiger partial charge in [0.05, 0.1) is 4.47 Å². The zero-order valence-electron chi connectivity index (χ0n) is 11.9. The molecule has 0 atom stereocenters. The van der Waals surface area contributed by atoms with Crippen LogP contribution in [0.4, 0.5) is 0 Å². The Morgan fingerprint density at radius 1 is 1.00 bits per heavy atom. The van der Waals surface area contributed by atoms with E-state index in [1.54, 1.807) is 0 Å². The van der Waals surface area contributed by atoms with Gasteiger partial charge in [-0.25, -0.2) is 0 Å². The van der Waals surface area contributed by atoms with Crippen molar-refractivity contribution in [3.63, 3.8) is 0 Å². The van der Waals surface area contributed by atoms with Crippen LogP contribution >= 0.6 is 15.9 Å². The largest absolute Gasteiger partial charge is 0.488 e. The van der Waals surface area contributed by atoms with Crippen molar-refractivity contribution in [1.82, 2.24) is 5.32 Å². The summed E-state index contributed by atoms with van der Waals surface area (Å²) in [6.07, 6.45) is 0. The molecule has 106 valence electrons. The van der Waals surface area contributed by atoms with E-state index in [9.17, 15) is 0 Å². The number of ether oxygens (including phenoxy) is 1. The van der Waals surface area contributed by atoms with Gasteiger partial charge < -0.3 is 10.1 Å². The van der Waals surface area contributed by atoms with Crippen LogP contribution < -0.4 is 10.1 Å². The molecule has 0 heterocycles. The molecule has 0 amide bonds. The fourth-order valence-corrected chi connectivity index (χ4v) is 2.20. The quantitative estimate of drug-likeness (QED) is 0.838. The Bertz CT molecular complexity index is 537. The molecule has 3 heteroatoms. The van der Waals surface area contributed by atoms with E-state index in [0.717, 1.165) is 16.8 Å². The van der Waals surface area contributed by atoms with E-state index >= 15 is 0 Å². The van der Waals surface area contributed by atoms with Gasteiger partial charge in [-0.05, 0) is 39.2 Å². The van der Waals surface area contributed by atoms with E-state index in [0.29, 0.717) is 12.6 Å². The highest BCUT2D eigenvalue weighted by Crippen LogP contribution is 2.24. The summed E-state index contributed by atoms with van der Waals surface area (Å²) >= 11 is 3.48. The molecule has 0 fully saturated rings. The summed E-state index contributed by atoms with van der Waals surface area (Å²) in [5.41, 5.74) is 2.47. The summed E-state index contributed by atoms with van der Waals surface area (Å²) in [5.74, 6) is 0.873. The first-order valence-electron chi connectivity index (χ1n) is 6.83. The molecule has 0 aliphatic heterocycles. The monoisotopic (exact) mass is 333 g/mol. The van der Waals surface area contributed by atoms with Crippen molar-refractivity contribution in [1.29, 1.82) is 0 Å². The second kappa shape index (κ2) is 7.46. The van der Waals surface area contributed by atoms with E-state index < -0.39 is 0 Å². The zero-order chi connectivity index (χ0) is 14.4. The Morgan fingerprint density at radius 3 is 2.30 bits per heavy atom. The first-order valence-corrected chi connectivity index (χ1v) is 7.63. The van der Waals surface area contributed by atoms with Crippen LogP contribution in [0.1, 0.15) is 25.0 Å². The lowest BCUT2D eigenvalue weighted by molar-refractivity contribution is 0.304. The Labute approximate surface area is 129 Å². The van der Waals surface area contributed by atoms with Crippen molar-refractivity contribution < 1.29 is 4.74 Å². The minimum absolute atomic E-state index is 0.508. The number of hydrogen-bond acceptors (Lipinski definition) is 2. The average molecular weight is 334 g/mol. The molecule has 0 saturated heterocycles. The molecule has 0 aromatic heterocycles. The Balaban J connectivity index is 1.89. The van der Waals surface area contributed by atoms with Crippen molar-refractivity contribution in [3.8, 4) is 5.75 Å². The number of hydrogen-bond donors (Lipinski definition) is 1. The van der Waals surface area contributed by atoms with Crippen LogP contribution in [0.2, 0.25) is 0 Å². The molecule has 0 unspecified atom stereocenters. The Morgan fingerprint density at radius 2 is 1.65 bits per heavy atom. The van der Waals surface area contributed by atoms with Crippen molar-refractivity contribution >= 4 is 15.9 Å². The molecule has 0 spiro atoms. The summed E-state index contributed by atoms with van der Waals surface area (Å²) in [4.78, 5) is 0. The van der Waals surface area contributed by atoms with Crippen molar-refractivity contribution in [2.75, 3.05) is 0 Å². The fraction of sp³-hybridized carbons (Fsp3) is 0.294. The normalized spacial score (nSPS) is 10.8. The fourth-order valence-electron chi connectivity index (χ4n) is 1.80. The number of halogens is 1. The molecule has 2 aromatic carbocycles. The molecule has 2 nitrogen and oxygen atoms in total. The van der Waals surface area contributed by atoms with Crippen LogP contribution in [0.3, 0.4) is 0 Å². The molecule has 0 radical (unpaired) electrons. The van der Waals surface area contributed by atoms with Crippen molar-refractivity contribution in [3.05, 3.63) is 64.1 Å². The zero-order valence-corrected chi connectivity index (χ0v) is 13.5. The van der Waals surface area contributed by atoms with Crippen LogP contribution in [0.25, 0.3) is 0 Å². The van der Waals surface area contributed by atoms with Crippen LogP contribution in [-0.2, 0) is 13.2 Å². The Hall–Kier alpha value is -1.32. The lowest BCUT2D eigenvalue weighted by atomic mass is 10.1. The highest BCUT2D eigenvalue weighted by atomic mass is 79.9. The molecular formula is C17H20BrNO. The Kier molecular flexibility index (Phi) is 5.62. The van der Waals surface area contributed by atoms with Crippen LogP contribution in [-0.4, -0.2) is 6.04 Å². The predicted octanol–water partition coefficient (Wildman–Crippen LogP) is 4.53. The third-order valence-electron chi connectivity index (χ3n) is 2.97. The van der Waals surface area contributed by atoms with Gasteiger partial charge in [-0.3, -0.25) is 0 Å². The number of nitrogens with one attached hydrogen (secondary N) is 1. The van der Waals surface area contributed by atoms with Gasteiger partial charge in [-0.2, -0.15) is 0 Å². The summed E-state index contributed by atoms with van der Waals surface area (Å²) in [6, 6.07) is 16.9. The average Bonchev–Trinajstić information content (AvgIpc) is 2.45. The lowest BCUT2D eigenvalue weighted by Crippen LogP contribution is -2.21. The number of rotatable bonds is 6. The molecule has 0 aliphatic rings. The van der Waals surface area contributed by atoms with Gasteiger partial charge in [-0.15, -0.1) is 0 Å². The number of para-hydroxylation sites is 1. The maximum absolute atomic E-state index is 5.80. The molecule has 2 aromatic rings. The maximum atomic E-state index is 5.80. The highest BCUT2D eigenvalue weighted by molar-refractivity contribution is 9.10. The third kappa shape index (κ3) is 4.66. The first-order chi connectivity index (χ1) is 9.65. The summed E-state index contributed by atoms with van der Waals surface area (Å²) in [7, 11) is 0. The van der Waals surface area contributed by atoms with Gasteiger partial charge in [0.25, 0.3) is 0 Å². The summed E-state index contributed by atoms with van der Waals surface area (Å²) in [5, 5.41) is 3.41. The lowest BCUT2D eigenvalue weighted by Gasteiger charge is -2.10. The summed E-state index contributed by atoms with van der Waals surface area (Å²) < 4.78 is 6.78. The minimum atomic E-state index is 0.508. The smallest absolute Gasteiger partial charge is 0.133 e. The van der Waals surface area contributed by atoms with E-state index in [2.05, 4.69) is 59.4 Å². The van der Waals surface area contributed by atoms with E-state index in [1.807, 2.05) is 24.3 Å².